The van der Waals surface area contributed by atoms with E-state index in [9.17, 15) is 0 Å². The Morgan fingerprint density at radius 1 is 1.31 bits per heavy atom. The topological polar surface area (TPSA) is 52.7 Å². The Bertz CT molecular complexity index is 319. The smallest absolute Gasteiger partial charge is 0.133 e. The van der Waals surface area contributed by atoms with Crippen molar-refractivity contribution in [2.75, 3.05) is 39.3 Å². The molecular formula is C11H19N3O2. The van der Waals surface area contributed by atoms with Gasteiger partial charge in [-0.2, -0.15) is 0 Å². The average molecular weight is 225 g/mol. The number of hydrogen-bond acceptors (Lipinski definition) is 5. The average Bonchev–Trinajstić information content (AvgIpc) is 2.67. The van der Waals surface area contributed by atoms with Crippen LogP contribution in [0.1, 0.15) is 11.5 Å². The van der Waals surface area contributed by atoms with Crippen LogP contribution in [0, 0.1) is 6.92 Å². The summed E-state index contributed by atoms with van der Waals surface area (Å²) in [4.78, 5) is 4.65. The van der Waals surface area contributed by atoms with Crippen molar-refractivity contribution in [1.82, 2.24) is 15.0 Å². The summed E-state index contributed by atoms with van der Waals surface area (Å²) in [6, 6.07) is 1.99. The summed E-state index contributed by atoms with van der Waals surface area (Å²) in [5, 5.41) is 12.8. The van der Waals surface area contributed by atoms with E-state index in [1.807, 2.05) is 13.0 Å². The third-order valence-electron chi connectivity index (χ3n) is 2.94. The first-order valence-electron chi connectivity index (χ1n) is 5.75. The minimum Gasteiger partial charge on any atom is -0.395 e. The number of nitrogens with zero attached hydrogens (tertiary/aromatic N) is 3. The first-order valence-corrected chi connectivity index (χ1v) is 5.75. The van der Waals surface area contributed by atoms with Gasteiger partial charge in [0.25, 0.3) is 0 Å². The monoisotopic (exact) mass is 225 g/mol. The van der Waals surface area contributed by atoms with Crippen LogP contribution in [0.3, 0.4) is 0 Å². The first-order chi connectivity index (χ1) is 7.78. The van der Waals surface area contributed by atoms with E-state index in [2.05, 4.69) is 15.0 Å². The molecule has 0 amide bonds. The predicted octanol–water partition coefficient (Wildman–Crippen LogP) is 0.0929. The van der Waals surface area contributed by atoms with E-state index in [4.69, 9.17) is 9.63 Å². The van der Waals surface area contributed by atoms with Crippen LogP contribution in [0.2, 0.25) is 0 Å². The molecule has 0 radical (unpaired) electrons. The summed E-state index contributed by atoms with van der Waals surface area (Å²) in [7, 11) is 0. The van der Waals surface area contributed by atoms with Crippen molar-refractivity contribution in [3.63, 3.8) is 0 Å². The molecule has 1 N–H and O–H groups in total. The van der Waals surface area contributed by atoms with Gasteiger partial charge in [-0.1, -0.05) is 5.16 Å². The molecule has 0 spiro atoms. The Hall–Kier alpha value is -0.910. The Morgan fingerprint density at radius 3 is 2.56 bits per heavy atom. The zero-order valence-electron chi connectivity index (χ0n) is 9.72. The molecule has 1 aromatic rings. The van der Waals surface area contributed by atoms with Crippen molar-refractivity contribution < 1.29 is 9.63 Å². The van der Waals surface area contributed by atoms with Gasteiger partial charge in [0.15, 0.2) is 0 Å². The van der Waals surface area contributed by atoms with Gasteiger partial charge in [0.05, 0.1) is 12.3 Å². The van der Waals surface area contributed by atoms with Crippen molar-refractivity contribution in [1.29, 1.82) is 0 Å². The largest absolute Gasteiger partial charge is 0.395 e. The summed E-state index contributed by atoms with van der Waals surface area (Å²) in [6.07, 6.45) is 0. The lowest BCUT2D eigenvalue weighted by Gasteiger charge is -2.33. The third-order valence-corrected chi connectivity index (χ3v) is 2.94. The molecule has 2 rings (SSSR count). The first kappa shape index (κ1) is 11.6. The number of hydrogen-bond donors (Lipinski definition) is 1. The molecule has 0 atom stereocenters. The lowest BCUT2D eigenvalue weighted by molar-refractivity contribution is 0.107. The van der Waals surface area contributed by atoms with Gasteiger partial charge in [-0.3, -0.25) is 9.80 Å². The second-order valence-corrected chi connectivity index (χ2v) is 4.27. The molecule has 90 valence electrons. The molecular weight excluding hydrogens is 206 g/mol. The summed E-state index contributed by atoms with van der Waals surface area (Å²) in [6.45, 7) is 7.94. The highest BCUT2D eigenvalue weighted by Crippen LogP contribution is 2.08. The van der Waals surface area contributed by atoms with Gasteiger partial charge in [-0.25, -0.2) is 0 Å². The minimum atomic E-state index is 0.252. The van der Waals surface area contributed by atoms with E-state index in [1.165, 1.54) is 0 Å². The zero-order chi connectivity index (χ0) is 11.4. The van der Waals surface area contributed by atoms with Crippen LogP contribution in [-0.4, -0.2) is 59.4 Å². The summed E-state index contributed by atoms with van der Waals surface area (Å²) in [5.41, 5.74) is 1.01. The standard InChI is InChI=1S/C11H19N3O2/c1-10-8-11(12-16-10)9-14-4-2-13(3-5-14)6-7-15/h8,15H,2-7,9H2,1H3. The maximum absolute atomic E-state index is 8.84. The van der Waals surface area contributed by atoms with E-state index in [-0.39, 0.29) is 6.61 Å². The molecule has 1 fully saturated rings. The highest BCUT2D eigenvalue weighted by Gasteiger charge is 2.17. The fraction of sp³-hybridized carbons (Fsp3) is 0.727. The van der Waals surface area contributed by atoms with Crippen molar-refractivity contribution in [2.45, 2.75) is 13.5 Å². The van der Waals surface area contributed by atoms with Crippen LogP contribution < -0.4 is 0 Å². The number of aliphatic hydroxyl groups is 1. The lowest BCUT2D eigenvalue weighted by atomic mass is 10.3. The number of β-amino-alcohol motifs (C(OH)–C–C–N with tert-alkyl or cyclic N) is 1. The van der Waals surface area contributed by atoms with Gasteiger partial charge in [-0.15, -0.1) is 0 Å². The highest BCUT2D eigenvalue weighted by molar-refractivity contribution is 5.03. The lowest BCUT2D eigenvalue weighted by Crippen LogP contribution is -2.46. The van der Waals surface area contributed by atoms with Crippen molar-refractivity contribution >= 4 is 0 Å². The second kappa shape index (κ2) is 5.43. The fourth-order valence-electron chi connectivity index (χ4n) is 2.03. The van der Waals surface area contributed by atoms with E-state index in [0.29, 0.717) is 0 Å². The van der Waals surface area contributed by atoms with Crippen LogP contribution >= 0.6 is 0 Å². The van der Waals surface area contributed by atoms with Crippen molar-refractivity contribution in [3.05, 3.63) is 17.5 Å². The number of aromatic nitrogens is 1. The molecule has 2 heterocycles. The molecule has 1 aromatic heterocycles. The van der Waals surface area contributed by atoms with Crippen molar-refractivity contribution in [2.24, 2.45) is 0 Å². The Morgan fingerprint density at radius 2 is 2.00 bits per heavy atom. The summed E-state index contributed by atoms with van der Waals surface area (Å²) < 4.78 is 5.05. The minimum absolute atomic E-state index is 0.252. The normalized spacial score (nSPS) is 19.1. The highest BCUT2D eigenvalue weighted by atomic mass is 16.5. The molecule has 5 nitrogen and oxygen atoms in total. The van der Waals surface area contributed by atoms with Gasteiger partial charge in [0.2, 0.25) is 0 Å². The van der Waals surface area contributed by atoms with Gasteiger partial charge >= 0.3 is 0 Å². The Kier molecular flexibility index (Phi) is 3.93. The second-order valence-electron chi connectivity index (χ2n) is 4.27. The Balaban J connectivity index is 1.77. The molecule has 1 aliphatic heterocycles. The van der Waals surface area contributed by atoms with Crippen LogP contribution in [0.25, 0.3) is 0 Å². The molecule has 16 heavy (non-hydrogen) atoms. The molecule has 0 aromatic carbocycles. The van der Waals surface area contributed by atoms with Gasteiger partial charge < -0.3 is 9.63 Å². The van der Waals surface area contributed by atoms with Gasteiger partial charge in [-0.05, 0) is 6.92 Å². The maximum atomic E-state index is 8.84. The quantitative estimate of drug-likeness (QED) is 0.787. The predicted molar refractivity (Wildman–Crippen MR) is 60.0 cm³/mol. The third kappa shape index (κ3) is 3.04. The summed E-state index contributed by atoms with van der Waals surface area (Å²) in [5.74, 6) is 0.869. The van der Waals surface area contributed by atoms with Gasteiger partial charge in [0.1, 0.15) is 5.76 Å². The van der Waals surface area contributed by atoms with E-state index in [1.54, 1.807) is 0 Å². The van der Waals surface area contributed by atoms with E-state index < -0.39 is 0 Å². The molecule has 1 aliphatic rings. The molecule has 0 aliphatic carbocycles. The van der Waals surface area contributed by atoms with Crippen LogP contribution in [0.15, 0.2) is 10.6 Å². The van der Waals surface area contributed by atoms with Crippen LogP contribution in [0.5, 0.6) is 0 Å². The SMILES string of the molecule is Cc1cc(CN2CCN(CCO)CC2)no1. The molecule has 0 unspecified atom stereocenters. The van der Waals surface area contributed by atoms with Crippen LogP contribution in [0.4, 0.5) is 0 Å². The van der Waals surface area contributed by atoms with Crippen LogP contribution in [-0.2, 0) is 6.54 Å². The zero-order valence-corrected chi connectivity index (χ0v) is 9.72. The number of piperazine rings is 1. The molecule has 0 bridgehead atoms. The number of aliphatic hydroxyl groups excluding tert-OH is 1. The molecule has 0 saturated carbocycles. The van der Waals surface area contributed by atoms with E-state index >= 15 is 0 Å². The Labute approximate surface area is 95.6 Å². The number of rotatable bonds is 4. The summed E-state index contributed by atoms with van der Waals surface area (Å²) >= 11 is 0. The molecule has 5 heteroatoms. The van der Waals surface area contributed by atoms with Crippen molar-refractivity contribution in [3.8, 4) is 0 Å². The molecule has 1 saturated heterocycles. The van der Waals surface area contributed by atoms with Gasteiger partial charge in [0, 0.05) is 45.3 Å². The maximum Gasteiger partial charge on any atom is 0.133 e. The number of aryl methyl sites for hydroxylation is 1. The van der Waals surface area contributed by atoms with E-state index in [0.717, 1.165) is 50.7 Å². The fourth-order valence-corrected chi connectivity index (χ4v) is 2.03.